The van der Waals surface area contributed by atoms with Gasteiger partial charge < -0.3 is 20.1 Å². The molecule has 2 aromatic rings. The van der Waals surface area contributed by atoms with Gasteiger partial charge in [0.05, 0.1) is 0 Å². The Balaban J connectivity index is 0.00000225. The minimum absolute atomic E-state index is 0. The Morgan fingerprint density at radius 3 is 2.64 bits per heavy atom. The molecule has 5 nitrogen and oxygen atoms in total. The van der Waals surface area contributed by atoms with E-state index < -0.39 is 0 Å². The summed E-state index contributed by atoms with van der Waals surface area (Å²) < 4.78 is 24.9. The second-order valence-electron chi connectivity index (χ2n) is 7.05. The zero-order valence-corrected chi connectivity index (χ0v) is 18.2. The Labute approximate surface area is 181 Å². The van der Waals surface area contributed by atoms with Gasteiger partial charge in [0.25, 0.3) is 0 Å². The summed E-state index contributed by atoms with van der Waals surface area (Å²) in [6.07, 6.45) is 2.83. The number of nitrogens with one attached hydrogen (secondary N) is 2. The second kappa shape index (κ2) is 8.98. The highest BCUT2D eigenvalue weighted by molar-refractivity contribution is 14.0. The first kappa shape index (κ1) is 20.7. The number of fused-ring (bicyclic) bond motifs is 1. The number of hydrogen-bond donors (Lipinski definition) is 2. The molecule has 1 fully saturated rings. The van der Waals surface area contributed by atoms with Gasteiger partial charge in [0, 0.05) is 25.6 Å². The van der Waals surface area contributed by atoms with Crippen LogP contribution in [0.5, 0.6) is 11.5 Å². The van der Waals surface area contributed by atoms with Gasteiger partial charge in [-0.05, 0) is 48.6 Å². The number of hydrogen-bond acceptors (Lipinski definition) is 3. The molecule has 1 aliphatic carbocycles. The summed E-state index contributed by atoms with van der Waals surface area (Å²) in [5.74, 6) is 2.21. The number of benzene rings is 2. The van der Waals surface area contributed by atoms with Crippen molar-refractivity contribution in [2.24, 2.45) is 4.99 Å². The predicted octanol–water partition coefficient (Wildman–Crippen LogP) is 3.61. The largest absolute Gasteiger partial charge is 0.454 e. The van der Waals surface area contributed by atoms with Crippen molar-refractivity contribution in [3.63, 3.8) is 0 Å². The molecule has 1 saturated carbocycles. The van der Waals surface area contributed by atoms with Gasteiger partial charge in [-0.3, -0.25) is 4.99 Å². The summed E-state index contributed by atoms with van der Waals surface area (Å²) in [4.78, 5) is 4.28. The average Bonchev–Trinajstić information content (AvgIpc) is 3.32. The van der Waals surface area contributed by atoms with Crippen molar-refractivity contribution >= 4 is 29.9 Å². The summed E-state index contributed by atoms with van der Waals surface area (Å²) in [5.41, 5.74) is 1.86. The number of nitrogens with zero attached hydrogens (tertiary/aromatic N) is 1. The number of halogens is 2. The van der Waals surface area contributed by atoms with Crippen molar-refractivity contribution in [2.75, 3.05) is 26.9 Å². The Bertz CT molecular complexity index is 855. The summed E-state index contributed by atoms with van der Waals surface area (Å²) in [7, 11) is 1.75. The predicted molar refractivity (Wildman–Crippen MR) is 118 cm³/mol. The Morgan fingerprint density at radius 2 is 1.89 bits per heavy atom. The highest BCUT2D eigenvalue weighted by Gasteiger charge is 2.45. The molecule has 0 atom stereocenters. The van der Waals surface area contributed by atoms with E-state index >= 15 is 0 Å². The van der Waals surface area contributed by atoms with Crippen molar-refractivity contribution in [3.05, 3.63) is 59.4 Å². The van der Waals surface area contributed by atoms with E-state index in [0.717, 1.165) is 48.8 Å². The monoisotopic (exact) mass is 497 g/mol. The minimum atomic E-state index is -0.123. The molecule has 2 N–H and O–H groups in total. The van der Waals surface area contributed by atoms with Gasteiger partial charge in [-0.25, -0.2) is 4.39 Å². The molecule has 0 spiro atoms. The van der Waals surface area contributed by atoms with E-state index in [-0.39, 0.29) is 42.0 Å². The third-order valence-electron chi connectivity index (χ3n) is 5.26. The molecule has 0 saturated heterocycles. The van der Waals surface area contributed by atoms with E-state index in [1.54, 1.807) is 13.1 Å². The van der Waals surface area contributed by atoms with Crippen LogP contribution in [0.1, 0.15) is 24.0 Å². The van der Waals surface area contributed by atoms with Gasteiger partial charge in [-0.15, -0.1) is 24.0 Å². The standard InChI is InChI=1S/C21H24FN3O2.HI/c1-23-20(24-11-8-15-6-7-18-19(12-15)27-14-26-18)25-13-21(9-10-21)16-4-2-3-5-17(16)22;/h2-7,12H,8-11,13-14H2,1H3,(H2,23,24,25);1H. The highest BCUT2D eigenvalue weighted by Crippen LogP contribution is 2.48. The SMILES string of the molecule is CN=C(NCCc1ccc2c(c1)OCO2)NCC1(c2ccccc2F)CC1.I. The quantitative estimate of drug-likeness (QED) is 0.364. The molecule has 0 unspecified atom stereocenters. The summed E-state index contributed by atoms with van der Waals surface area (Å²) >= 11 is 0. The topological polar surface area (TPSA) is 54.9 Å². The normalized spacial score (nSPS) is 16.3. The molecule has 0 aromatic heterocycles. The first-order chi connectivity index (χ1) is 13.2. The molecule has 1 heterocycles. The molecule has 4 rings (SSSR count). The molecular weight excluding hydrogens is 472 g/mol. The maximum atomic E-state index is 14.1. The van der Waals surface area contributed by atoms with E-state index in [1.165, 1.54) is 11.6 Å². The van der Waals surface area contributed by atoms with Crippen LogP contribution < -0.4 is 20.1 Å². The molecule has 2 aliphatic rings. The molecule has 1 aliphatic heterocycles. The van der Waals surface area contributed by atoms with Gasteiger partial charge in [0.2, 0.25) is 6.79 Å². The van der Waals surface area contributed by atoms with Crippen LogP contribution >= 0.6 is 24.0 Å². The van der Waals surface area contributed by atoms with Crippen LogP contribution in [0, 0.1) is 5.82 Å². The molecule has 0 bridgehead atoms. The molecular formula is C21H25FIN3O2. The van der Waals surface area contributed by atoms with E-state index in [1.807, 2.05) is 30.3 Å². The first-order valence-corrected chi connectivity index (χ1v) is 9.28. The maximum Gasteiger partial charge on any atom is 0.231 e. The molecule has 28 heavy (non-hydrogen) atoms. The van der Waals surface area contributed by atoms with Crippen molar-refractivity contribution < 1.29 is 13.9 Å². The van der Waals surface area contributed by atoms with Crippen molar-refractivity contribution in [1.82, 2.24) is 10.6 Å². The highest BCUT2D eigenvalue weighted by atomic mass is 127. The molecule has 2 aromatic carbocycles. The van der Waals surface area contributed by atoms with Crippen LogP contribution in [0.3, 0.4) is 0 Å². The van der Waals surface area contributed by atoms with Crippen molar-refractivity contribution in [3.8, 4) is 11.5 Å². The van der Waals surface area contributed by atoms with Crippen LogP contribution in [-0.2, 0) is 11.8 Å². The molecule has 0 amide bonds. The molecule has 150 valence electrons. The van der Waals surface area contributed by atoms with E-state index in [4.69, 9.17) is 9.47 Å². The lowest BCUT2D eigenvalue weighted by Gasteiger charge is -2.19. The lowest BCUT2D eigenvalue weighted by molar-refractivity contribution is 0.174. The summed E-state index contributed by atoms with van der Waals surface area (Å²) in [6, 6.07) is 13.1. The second-order valence-corrected chi connectivity index (χ2v) is 7.05. The van der Waals surface area contributed by atoms with Gasteiger partial charge in [-0.2, -0.15) is 0 Å². The third-order valence-corrected chi connectivity index (χ3v) is 5.26. The maximum absolute atomic E-state index is 14.1. The number of aliphatic imine (C=N–C) groups is 1. The summed E-state index contributed by atoms with van der Waals surface area (Å²) in [5, 5.41) is 6.68. The number of ether oxygens (including phenoxy) is 2. The fourth-order valence-electron chi connectivity index (χ4n) is 3.48. The fraction of sp³-hybridized carbons (Fsp3) is 0.381. The molecule has 0 radical (unpaired) electrons. The van der Waals surface area contributed by atoms with Crippen LogP contribution in [0.2, 0.25) is 0 Å². The van der Waals surface area contributed by atoms with Crippen LogP contribution in [-0.4, -0.2) is 32.9 Å². The van der Waals surface area contributed by atoms with Crippen molar-refractivity contribution in [2.45, 2.75) is 24.7 Å². The lowest BCUT2D eigenvalue weighted by Crippen LogP contribution is -2.42. The van der Waals surface area contributed by atoms with E-state index in [9.17, 15) is 4.39 Å². The first-order valence-electron chi connectivity index (χ1n) is 9.28. The van der Waals surface area contributed by atoms with Crippen molar-refractivity contribution in [1.29, 1.82) is 0 Å². The third kappa shape index (κ3) is 4.51. The Morgan fingerprint density at radius 1 is 1.11 bits per heavy atom. The van der Waals surface area contributed by atoms with Crippen LogP contribution in [0.4, 0.5) is 4.39 Å². The molecule has 7 heteroatoms. The minimum Gasteiger partial charge on any atom is -0.454 e. The van der Waals surface area contributed by atoms with E-state index in [0.29, 0.717) is 6.54 Å². The lowest BCUT2D eigenvalue weighted by atomic mass is 9.95. The van der Waals surface area contributed by atoms with Crippen LogP contribution in [0.25, 0.3) is 0 Å². The van der Waals surface area contributed by atoms with Crippen LogP contribution in [0.15, 0.2) is 47.5 Å². The Hall–Kier alpha value is -2.03. The zero-order chi connectivity index (χ0) is 18.7. The number of guanidine groups is 1. The Kier molecular flexibility index (Phi) is 6.64. The van der Waals surface area contributed by atoms with Gasteiger partial charge in [0.15, 0.2) is 17.5 Å². The fourth-order valence-corrected chi connectivity index (χ4v) is 3.48. The average molecular weight is 497 g/mol. The van der Waals surface area contributed by atoms with E-state index in [2.05, 4.69) is 15.6 Å². The van der Waals surface area contributed by atoms with Gasteiger partial charge in [-0.1, -0.05) is 24.3 Å². The van der Waals surface area contributed by atoms with Gasteiger partial charge >= 0.3 is 0 Å². The number of rotatable bonds is 6. The summed E-state index contributed by atoms with van der Waals surface area (Å²) in [6.45, 7) is 1.71. The smallest absolute Gasteiger partial charge is 0.231 e. The van der Waals surface area contributed by atoms with Gasteiger partial charge in [0.1, 0.15) is 5.82 Å². The zero-order valence-electron chi connectivity index (χ0n) is 15.8.